The van der Waals surface area contributed by atoms with Gasteiger partial charge in [-0.1, -0.05) is 18.2 Å². The lowest BCUT2D eigenvalue weighted by molar-refractivity contribution is -0.141. The summed E-state index contributed by atoms with van der Waals surface area (Å²) in [6, 6.07) is 11.1. The Labute approximate surface area is 336 Å². The molecule has 5 heterocycles. The molecular formula is C42H46F4N8O5. The van der Waals surface area contributed by atoms with Crippen molar-refractivity contribution in [3.63, 3.8) is 0 Å². The highest BCUT2D eigenvalue weighted by Crippen LogP contribution is 2.39. The third kappa shape index (κ3) is 7.89. The van der Waals surface area contributed by atoms with E-state index in [-0.39, 0.29) is 42.7 Å². The average molecular weight is 819 g/mol. The summed E-state index contributed by atoms with van der Waals surface area (Å²) < 4.78 is 60.8. The summed E-state index contributed by atoms with van der Waals surface area (Å²) in [5.74, 6) is -1.79. The first-order chi connectivity index (χ1) is 28.0. The number of nitrogens with zero attached hydrogens (tertiary/aromatic N) is 6. The van der Waals surface area contributed by atoms with Crippen LogP contribution in [0, 0.1) is 5.92 Å². The van der Waals surface area contributed by atoms with E-state index in [9.17, 15) is 37.5 Å². The molecule has 1 saturated carbocycles. The molecular weight excluding hydrogens is 773 g/mol. The lowest BCUT2D eigenvalue weighted by Crippen LogP contribution is -2.44. The van der Waals surface area contributed by atoms with Crippen molar-refractivity contribution in [2.45, 2.75) is 94.7 Å². The van der Waals surface area contributed by atoms with Crippen LogP contribution in [0.4, 0.5) is 23.2 Å². The molecule has 0 bridgehead atoms. The fourth-order valence-electron chi connectivity index (χ4n) is 9.23. The SMILES string of the molecule is Cn1c(=O)n(C2CCC(=O)NC2=O)c2cccc([C@H]3CCN(CC4CCC(n5cc6cc(NC(=O)c7cccc(C(F)(F)F)n7)c(C(C)(C)O)cc6n5)CC4)C[C@@H]3F)c21. The molecule has 0 spiro atoms. The molecule has 1 aliphatic carbocycles. The summed E-state index contributed by atoms with van der Waals surface area (Å²) in [7, 11) is 1.64. The van der Waals surface area contributed by atoms with Gasteiger partial charge in [0.05, 0.1) is 28.2 Å². The zero-order valence-corrected chi connectivity index (χ0v) is 32.9. The number of aliphatic hydroxyl groups is 1. The molecule has 8 rings (SSSR count). The Morgan fingerprint density at radius 2 is 1.75 bits per heavy atom. The molecule has 3 N–H and O–H groups in total. The lowest BCUT2D eigenvalue weighted by atomic mass is 9.83. The van der Waals surface area contributed by atoms with Gasteiger partial charge >= 0.3 is 11.9 Å². The third-order valence-electron chi connectivity index (χ3n) is 12.2. The Bertz CT molecular complexity index is 2510. The van der Waals surface area contributed by atoms with Crippen molar-refractivity contribution in [2.24, 2.45) is 13.0 Å². The van der Waals surface area contributed by atoms with Gasteiger partial charge in [0, 0.05) is 55.3 Å². The van der Waals surface area contributed by atoms with Crippen LogP contribution in [-0.4, -0.2) is 77.4 Å². The fraction of sp³-hybridized carbons (Fsp3) is 0.476. The Balaban J connectivity index is 0.912. The number of hydrogen-bond acceptors (Lipinski definition) is 8. The van der Waals surface area contributed by atoms with Crippen molar-refractivity contribution < 1.29 is 37.1 Å². The number of piperidine rings is 2. The second-order valence-electron chi connectivity index (χ2n) is 16.7. The molecule has 0 radical (unpaired) electrons. The van der Waals surface area contributed by atoms with Crippen molar-refractivity contribution >= 4 is 45.3 Å². The lowest BCUT2D eigenvalue weighted by Gasteiger charge is -2.38. The van der Waals surface area contributed by atoms with Crippen molar-refractivity contribution in [1.82, 2.24) is 34.1 Å². The molecule has 17 heteroatoms. The highest BCUT2D eigenvalue weighted by molar-refractivity contribution is 6.04. The molecule has 3 aromatic heterocycles. The first-order valence-corrected chi connectivity index (χ1v) is 20.0. The number of halogens is 4. The number of amides is 3. The average Bonchev–Trinajstić information content (AvgIpc) is 3.71. The fourth-order valence-corrected chi connectivity index (χ4v) is 9.23. The number of pyridine rings is 1. The highest BCUT2D eigenvalue weighted by Gasteiger charge is 2.37. The Morgan fingerprint density at radius 3 is 2.44 bits per heavy atom. The van der Waals surface area contributed by atoms with Gasteiger partial charge in [0.15, 0.2) is 0 Å². The predicted molar refractivity (Wildman–Crippen MR) is 210 cm³/mol. The number of hydrogen-bond donors (Lipinski definition) is 3. The number of imidazole rings is 1. The van der Waals surface area contributed by atoms with Crippen LogP contribution >= 0.6 is 0 Å². The van der Waals surface area contributed by atoms with Gasteiger partial charge in [0.25, 0.3) is 5.91 Å². The number of alkyl halides is 4. The van der Waals surface area contributed by atoms with E-state index in [1.807, 2.05) is 16.9 Å². The normalized spacial score (nSPS) is 23.5. The van der Waals surface area contributed by atoms with E-state index >= 15 is 4.39 Å². The number of aromatic nitrogens is 5. The molecule has 2 aliphatic heterocycles. The molecule has 2 saturated heterocycles. The van der Waals surface area contributed by atoms with E-state index in [0.717, 1.165) is 49.9 Å². The second-order valence-corrected chi connectivity index (χ2v) is 16.7. The molecule has 13 nitrogen and oxygen atoms in total. The minimum Gasteiger partial charge on any atom is -0.386 e. The molecule has 3 amide bonds. The first-order valence-electron chi connectivity index (χ1n) is 20.0. The molecule has 1 unspecified atom stereocenters. The van der Waals surface area contributed by atoms with Gasteiger partial charge in [-0.15, -0.1) is 0 Å². The third-order valence-corrected chi connectivity index (χ3v) is 12.2. The van der Waals surface area contributed by atoms with E-state index in [1.54, 1.807) is 45.2 Å². The van der Waals surface area contributed by atoms with Gasteiger partial charge < -0.3 is 15.3 Å². The maximum Gasteiger partial charge on any atom is 0.433 e. The zero-order chi connectivity index (χ0) is 42.0. The van der Waals surface area contributed by atoms with Gasteiger partial charge in [-0.25, -0.2) is 14.2 Å². The van der Waals surface area contributed by atoms with Crippen LogP contribution in [0.2, 0.25) is 0 Å². The maximum absolute atomic E-state index is 16.2. The Hall–Kier alpha value is -5.42. The van der Waals surface area contributed by atoms with Gasteiger partial charge in [0.1, 0.15) is 23.6 Å². The summed E-state index contributed by atoms with van der Waals surface area (Å²) in [6.07, 6.45) is 0.433. The standard InChI is InChI=1S/C42H46F4N8O5/c1-41(2,59)28-19-31-24(18-32(28)48-38(56)30-7-5-9-35(47-30)42(44,45)46)21-53(50-31)25-12-10-23(11-13-25)20-52-17-16-26(29(43)22-52)27-6-4-8-33-37(27)51(3)40(58)54(33)34-14-15-36(55)49-39(34)57/h4-9,18-19,21,23,25-26,29,34,59H,10-17,20,22H2,1-3H3,(H,48,56)(H,49,55,57)/t23?,25?,26-,29+,34?/m1/s1. The number of benzene rings is 2. The summed E-state index contributed by atoms with van der Waals surface area (Å²) in [5, 5.41) is 21.5. The van der Waals surface area contributed by atoms with Crippen LogP contribution in [-0.2, 0) is 28.4 Å². The van der Waals surface area contributed by atoms with Gasteiger partial charge in [0.2, 0.25) is 11.8 Å². The zero-order valence-electron chi connectivity index (χ0n) is 32.9. The second kappa shape index (κ2) is 15.3. The molecule has 2 aromatic carbocycles. The summed E-state index contributed by atoms with van der Waals surface area (Å²) in [5.41, 5.74) is -0.306. The van der Waals surface area contributed by atoms with Gasteiger partial charge in [-0.3, -0.25) is 33.5 Å². The number of rotatable bonds is 8. The number of para-hydroxylation sites is 1. The van der Waals surface area contributed by atoms with Crippen LogP contribution in [0.25, 0.3) is 21.9 Å². The van der Waals surface area contributed by atoms with Crippen LogP contribution in [0.1, 0.15) is 104 Å². The van der Waals surface area contributed by atoms with E-state index in [0.29, 0.717) is 46.4 Å². The smallest absolute Gasteiger partial charge is 0.386 e. The summed E-state index contributed by atoms with van der Waals surface area (Å²) in [6.45, 7) is 4.81. The van der Waals surface area contributed by atoms with Crippen LogP contribution in [0.5, 0.6) is 0 Å². The van der Waals surface area contributed by atoms with Gasteiger partial charge in [-0.05, 0) is 101 Å². The molecule has 3 fully saturated rings. The van der Waals surface area contributed by atoms with Crippen LogP contribution in [0.3, 0.4) is 0 Å². The van der Waals surface area contributed by atoms with Crippen molar-refractivity contribution in [2.75, 3.05) is 25.0 Å². The highest BCUT2D eigenvalue weighted by atomic mass is 19.4. The predicted octanol–water partition coefficient (Wildman–Crippen LogP) is 6.12. The monoisotopic (exact) mass is 818 g/mol. The number of nitrogens with one attached hydrogen (secondary N) is 2. The molecule has 3 atom stereocenters. The van der Waals surface area contributed by atoms with Crippen LogP contribution in [0.15, 0.2) is 59.5 Å². The Kier molecular flexibility index (Phi) is 10.5. The maximum atomic E-state index is 16.2. The molecule has 5 aromatic rings. The quantitative estimate of drug-likeness (QED) is 0.125. The number of imide groups is 1. The molecule has 59 heavy (non-hydrogen) atoms. The number of fused-ring (bicyclic) bond motifs is 2. The Morgan fingerprint density at radius 1 is 1.00 bits per heavy atom. The van der Waals surface area contributed by atoms with Crippen molar-refractivity contribution in [3.05, 3.63) is 87.7 Å². The number of carbonyl (C=O) groups is 3. The number of carbonyl (C=O) groups excluding carboxylic acids is 3. The molecule has 312 valence electrons. The van der Waals surface area contributed by atoms with Crippen LogP contribution < -0.4 is 16.3 Å². The van der Waals surface area contributed by atoms with E-state index in [4.69, 9.17) is 5.10 Å². The summed E-state index contributed by atoms with van der Waals surface area (Å²) >= 11 is 0. The minimum absolute atomic E-state index is 0.0934. The first kappa shape index (κ1) is 40.4. The van der Waals surface area contributed by atoms with Crippen molar-refractivity contribution in [3.8, 4) is 0 Å². The molecule has 3 aliphatic rings. The van der Waals surface area contributed by atoms with Crippen molar-refractivity contribution in [1.29, 1.82) is 0 Å². The number of anilines is 1. The van der Waals surface area contributed by atoms with Gasteiger partial charge in [-0.2, -0.15) is 18.3 Å². The van der Waals surface area contributed by atoms with E-state index in [2.05, 4.69) is 20.5 Å². The largest absolute Gasteiger partial charge is 0.433 e. The van der Waals surface area contributed by atoms with E-state index < -0.39 is 53.1 Å². The number of likely N-dealkylation sites (tertiary alicyclic amines) is 1. The van der Waals surface area contributed by atoms with E-state index in [1.165, 1.54) is 15.2 Å². The summed E-state index contributed by atoms with van der Waals surface area (Å²) in [4.78, 5) is 56.7. The number of aryl methyl sites for hydroxylation is 1. The minimum atomic E-state index is -4.71. The topological polar surface area (TPSA) is 156 Å².